The minimum atomic E-state index is -0.0487. The first-order valence-electron chi connectivity index (χ1n) is 4.14. The Morgan fingerprint density at radius 2 is 2.10 bits per heavy atom. The van der Waals surface area contributed by atoms with Gasteiger partial charge in [-0.05, 0) is 31.6 Å². The molecule has 0 aliphatic heterocycles. The van der Waals surface area contributed by atoms with Gasteiger partial charge < -0.3 is 5.11 Å². The van der Waals surface area contributed by atoms with E-state index in [4.69, 9.17) is 0 Å². The van der Waals surface area contributed by atoms with Crippen molar-refractivity contribution in [2.75, 3.05) is 0 Å². The molecule has 0 amide bonds. The molecule has 1 N–H and O–H groups in total. The van der Waals surface area contributed by atoms with Crippen molar-refractivity contribution in [3.8, 4) is 0 Å². The Kier molecular flexibility index (Phi) is 2.94. The Labute approximate surface area is 62.8 Å². The number of aliphatic hydroxyl groups excluding tert-OH is 1. The van der Waals surface area contributed by atoms with Crippen molar-refractivity contribution in [3.63, 3.8) is 0 Å². The monoisotopic (exact) mass is 140 g/mol. The van der Waals surface area contributed by atoms with Crippen LogP contribution in [0.2, 0.25) is 0 Å². The van der Waals surface area contributed by atoms with Crippen LogP contribution in [0, 0.1) is 5.92 Å². The molecule has 0 heterocycles. The van der Waals surface area contributed by atoms with E-state index >= 15 is 0 Å². The van der Waals surface area contributed by atoms with Crippen LogP contribution in [0.1, 0.15) is 32.6 Å². The smallest absolute Gasteiger partial charge is 0.0543 e. The van der Waals surface area contributed by atoms with Crippen LogP contribution in [0.15, 0.2) is 12.2 Å². The van der Waals surface area contributed by atoms with Crippen LogP contribution in [-0.2, 0) is 0 Å². The van der Waals surface area contributed by atoms with Crippen LogP contribution in [0.5, 0.6) is 0 Å². The van der Waals surface area contributed by atoms with Gasteiger partial charge in [-0.1, -0.05) is 19.1 Å². The average Bonchev–Trinajstić information content (AvgIpc) is 1.90. The lowest BCUT2D eigenvalue weighted by atomic mass is 9.97. The maximum absolute atomic E-state index is 9.30. The number of aliphatic hydroxyl groups is 1. The van der Waals surface area contributed by atoms with Crippen molar-refractivity contribution in [2.45, 2.75) is 38.7 Å². The van der Waals surface area contributed by atoms with E-state index in [1.165, 1.54) is 0 Å². The second kappa shape index (κ2) is 3.77. The van der Waals surface area contributed by atoms with Gasteiger partial charge in [-0.15, -0.1) is 0 Å². The summed E-state index contributed by atoms with van der Waals surface area (Å²) < 4.78 is 0. The highest BCUT2D eigenvalue weighted by Gasteiger charge is 2.07. The predicted molar refractivity (Wildman–Crippen MR) is 42.8 cm³/mol. The second-order valence-corrected chi connectivity index (χ2v) is 3.21. The molecular formula is C9H16O. The maximum atomic E-state index is 9.30. The lowest BCUT2D eigenvalue weighted by Crippen LogP contribution is -2.09. The zero-order valence-electron chi connectivity index (χ0n) is 6.59. The van der Waals surface area contributed by atoms with E-state index < -0.39 is 0 Å². The van der Waals surface area contributed by atoms with E-state index in [0.29, 0.717) is 5.92 Å². The normalized spacial score (nSPS) is 38.2. The fourth-order valence-electron chi connectivity index (χ4n) is 1.31. The molecule has 0 aromatic rings. The number of hydrogen-bond acceptors (Lipinski definition) is 1. The van der Waals surface area contributed by atoms with E-state index in [9.17, 15) is 5.11 Å². The summed E-state index contributed by atoms with van der Waals surface area (Å²) >= 11 is 0. The SMILES string of the molecule is CC1/C=C\CCC(O)CC1. The van der Waals surface area contributed by atoms with Crippen molar-refractivity contribution >= 4 is 0 Å². The average molecular weight is 140 g/mol. The summed E-state index contributed by atoms with van der Waals surface area (Å²) in [5, 5.41) is 9.30. The Balaban J connectivity index is 2.38. The fraction of sp³-hybridized carbons (Fsp3) is 0.778. The third-order valence-corrected chi connectivity index (χ3v) is 2.09. The third kappa shape index (κ3) is 2.53. The van der Waals surface area contributed by atoms with Crippen molar-refractivity contribution in [3.05, 3.63) is 12.2 Å². The zero-order chi connectivity index (χ0) is 7.40. The van der Waals surface area contributed by atoms with Gasteiger partial charge in [0.2, 0.25) is 0 Å². The van der Waals surface area contributed by atoms with Gasteiger partial charge in [0.05, 0.1) is 6.10 Å². The molecule has 0 saturated heterocycles. The first-order chi connectivity index (χ1) is 4.79. The Morgan fingerprint density at radius 3 is 2.90 bits per heavy atom. The van der Waals surface area contributed by atoms with Gasteiger partial charge in [0.1, 0.15) is 0 Å². The van der Waals surface area contributed by atoms with Gasteiger partial charge in [0.15, 0.2) is 0 Å². The summed E-state index contributed by atoms with van der Waals surface area (Å²) in [5.74, 6) is 0.662. The highest BCUT2D eigenvalue weighted by atomic mass is 16.3. The lowest BCUT2D eigenvalue weighted by molar-refractivity contribution is 0.148. The summed E-state index contributed by atoms with van der Waals surface area (Å²) in [6.45, 7) is 2.20. The highest BCUT2D eigenvalue weighted by Crippen LogP contribution is 2.16. The summed E-state index contributed by atoms with van der Waals surface area (Å²) in [5.41, 5.74) is 0. The van der Waals surface area contributed by atoms with E-state index in [2.05, 4.69) is 19.1 Å². The van der Waals surface area contributed by atoms with Gasteiger partial charge in [-0.2, -0.15) is 0 Å². The van der Waals surface area contributed by atoms with Crippen molar-refractivity contribution < 1.29 is 5.11 Å². The zero-order valence-corrected chi connectivity index (χ0v) is 6.59. The van der Waals surface area contributed by atoms with Gasteiger partial charge in [-0.3, -0.25) is 0 Å². The molecule has 0 aromatic carbocycles. The van der Waals surface area contributed by atoms with E-state index in [1.54, 1.807) is 0 Å². The summed E-state index contributed by atoms with van der Waals surface area (Å²) in [7, 11) is 0. The Bertz CT molecular complexity index is 118. The van der Waals surface area contributed by atoms with Gasteiger partial charge in [0.25, 0.3) is 0 Å². The number of rotatable bonds is 0. The molecule has 1 aliphatic carbocycles. The number of hydrogen-bond donors (Lipinski definition) is 1. The van der Waals surface area contributed by atoms with Gasteiger partial charge in [0, 0.05) is 0 Å². The topological polar surface area (TPSA) is 20.2 Å². The largest absolute Gasteiger partial charge is 0.393 e. The molecule has 58 valence electrons. The highest BCUT2D eigenvalue weighted by molar-refractivity contribution is 4.89. The van der Waals surface area contributed by atoms with Crippen LogP contribution in [-0.4, -0.2) is 11.2 Å². The minimum Gasteiger partial charge on any atom is -0.393 e. The Morgan fingerprint density at radius 1 is 1.30 bits per heavy atom. The molecule has 0 saturated carbocycles. The molecule has 0 aromatic heterocycles. The summed E-state index contributed by atoms with van der Waals surface area (Å²) in [6.07, 6.45) is 8.50. The van der Waals surface area contributed by atoms with Crippen molar-refractivity contribution in [1.82, 2.24) is 0 Å². The molecule has 0 radical (unpaired) electrons. The van der Waals surface area contributed by atoms with Crippen LogP contribution < -0.4 is 0 Å². The summed E-state index contributed by atoms with van der Waals surface area (Å²) in [6, 6.07) is 0. The molecule has 2 unspecified atom stereocenters. The molecule has 2 atom stereocenters. The molecule has 1 nitrogen and oxygen atoms in total. The fourth-order valence-corrected chi connectivity index (χ4v) is 1.31. The standard InChI is InChI=1S/C9H16O/c1-8-4-2-3-5-9(10)7-6-8/h2,4,8-10H,3,5-7H2,1H3/b4-2-. The van der Waals surface area contributed by atoms with Gasteiger partial charge in [-0.25, -0.2) is 0 Å². The molecule has 0 spiro atoms. The first kappa shape index (κ1) is 7.80. The van der Waals surface area contributed by atoms with Crippen LogP contribution in [0.3, 0.4) is 0 Å². The van der Waals surface area contributed by atoms with Crippen molar-refractivity contribution in [2.24, 2.45) is 5.92 Å². The van der Waals surface area contributed by atoms with E-state index in [1.807, 2.05) is 0 Å². The molecule has 1 heteroatoms. The predicted octanol–water partition coefficient (Wildman–Crippen LogP) is 2.11. The molecule has 1 aliphatic rings. The van der Waals surface area contributed by atoms with Crippen molar-refractivity contribution in [1.29, 1.82) is 0 Å². The quantitative estimate of drug-likeness (QED) is 0.511. The molecule has 0 fully saturated rings. The first-order valence-corrected chi connectivity index (χ1v) is 4.14. The third-order valence-electron chi connectivity index (χ3n) is 2.09. The minimum absolute atomic E-state index is 0.0487. The van der Waals surface area contributed by atoms with Crippen LogP contribution >= 0.6 is 0 Å². The van der Waals surface area contributed by atoms with Crippen LogP contribution in [0.4, 0.5) is 0 Å². The molecule has 0 bridgehead atoms. The number of allylic oxidation sites excluding steroid dienone is 2. The lowest BCUT2D eigenvalue weighted by Gasteiger charge is -2.14. The summed E-state index contributed by atoms with van der Waals surface area (Å²) in [4.78, 5) is 0. The maximum Gasteiger partial charge on any atom is 0.0543 e. The Hall–Kier alpha value is -0.300. The van der Waals surface area contributed by atoms with E-state index in [0.717, 1.165) is 25.7 Å². The molecular weight excluding hydrogens is 124 g/mol. The van der Waals surface area contributed by atoms with E-state index in [-0.39, 0.29) is 6.10 Å². The van der Waals surface area contributed by atoms with Gasteiger partial charge >= 0.3 is 0 Å². The van der Waals surface area contributed by atoms with Crippen LogP contribution in [0.25, 0.3) is 0 Å². The second-order valence-electron chi connectivity index (χ2n) is 3.21. The molecule has 10 heavy (non-hydrogen) atoms. The molecule has 1 rings (SSSR count).